The Balaban J connectivity index is 2.73. The molecule has 7 heteroatoms. The van der Waals surface area contributed by atoms with Gasteiger partial charge in [0.15, 0.2) is 0 Å². The lowest BCUT2D eigenvalue weighted by atomic mass is 10.2. The Bertz CT molecular complexity index is 492. The van der Waals surface area contributed by atoms with Gasteiger partial charge in [-0.2, -0.15) is 0 Å². The van der Waals surface area contributed by atoms with E-state index in [9.17, 15) is 9.59 Å². The van der Waals surface area contributed by atoms with E-state index in [1.54, 1.807) is 0 Å². The summed E-state index contributed by atoms with van der Waals surface area (Å²) in [6.07, 6.45) is 0. The fraction of sp³-hybridized carbons (Fsp3) is 0.333. The average molecular weight is 305 g/mol. The first kappa shape index (κ1) is 15.6. The number of carbonyl (C=O) groups is 2. The van der Waals surface area contributed by atoms with Crippen LogP contribution in [0.4, 0.5) is 0 Å². The average Bonchev–Trinajstić information content (AvgIpc) is 2.33. The highest BCUT2D eigenvalue weighted by molar-refractivity contribution is 6.36. The molecular weight excluding hydrogens is 291 g/mol. The highest BCUT2D eigenvalue weighted by Gasteiger charge is 2.16. The van der Waals surface area contributed by atoms with E-state index in [1.165, 1.54) is 26.2 Å². The van der Waals surface area contributed by atoms with Crippen LogP contribution in [0.25, 0.3) is 0 Å². The van der Waals surface area contributed by atoms with E-state index in [0.717, 1.165) is 0 Å². The molecule has 0 heterocycles. The van der Waals surface area contributed by atoms with Crippen LogP contribution in [0.3, 0.4) is 0 Å². The van der Waals surface area contributed by atoms with Gasteiger partial charge in [0.2, 0.25) is 5.91 Å². The van der Waals surface area contributed by atoms with E-state index < -0.39 is 0 Å². The highest BCUT2D eigenvalue weighted by atomic mass is 35.5. The van der Waals surface area contributed by atoms with Crippen LogP contribution < -0.4 is 15.4 Å². The molecule has 0 unspecified atom stereocenters. The van der Waals surface area contributed by atoms with Gasteiger partial charge in [-0.25, -0.2) is 0 Å². The van der Waals surface area contributed by atoms with Crippen molar-refractivity contribution in [3.8, 4) is 5.75 Å². The number of hydrogen-bond acceptors (Lipinski definition) is 3. The number of amides is 2. The van der Waals surface area contributed by atoms with Crippen molar-refractivity contribution in [2.24, 2.45) is 0 Å². The summed E-state index contributed by atoms with van der Waals surface area (Å²) >= 11 is 11.8. The normalized spacial score (nSPS) is 9.89. The predicted octanol–water partition coefficient (Wildman–Crippen LogP) is 1.87. The maximum atomic E-state index is 12.0. The highest BCUT2D eigenvalue weighted by Crippen LogP contribution is 2.31. The van der Waals surface area contributed by atoms with Crippen molar-refractivity contribution in [2.45, 2.75) is 6.92 Å². The molecule has 1 rings (SSSR count). The zero-order valence-corrected chi connectivity index (χ0v) is 12.1. The monoisotopic (exact) mass is 304 g/mol. The van der Waals surface area contributed by atoms with Crippen molar-refractivity contribution in [3.63, 3.8) is 0 Å². The summed E-state index contributed by atoms with van der Waals surface area (Å²) in [4.78, 5) is 22.6. The summed E-state index contributed by atoms with van der Waals surface area (Å²) in [6, 6.07) is 2.97. The standard InChI is InChI=1S/C12H14Cl2N2O3/c1-7(17)15-3-4-16-12(18)9-5-8(13)6-10(14)11(9)19-2/h5-6H,3-4H2,1-2H3,(H,15,17)(H,16,18). The molecular formula is C12H14Cl2N2O3. The van der Waals surface area contributed by atoms with E-state index in [2.05, 4.69) is 10.6 Å². The number of ether oxygens (including phenoxy) is 1. The number of hydrogen-bond donors (Lipinski definition) is 2. The molecule has 19 heavy (non-hydrogen) atoms. The van der Waals surface area contributed by atoms with Crippen LogP contribution in [-0.4, -0.2) is 32.0 Å². The van der Waals surface area contributed by atoms with Gasteiger partial charge in [0.25, 0.3) is 5.91 Å². The molecule has 0 saturated carbocycles. The van der Waals surface area contributed by atoms with Gasteiger partial charge in [-0.1, -0.05) is 23.2 Å². The minimum atomic E-state index is -0.369. The largest absolute Gasteiger partial charge is 0.494 e. The Morgan fingerprint density at radius 3 is 2.42 bits per heavy atom. The van der Waals surface area contributed by atoms with Crippen molar-refractivity contribution < 1.29 is 14.3 Å². The van der Waals surface area contributed by atoms with Crippen LogP contribution in [0, 0.1) is 0 Å². The van der Waals surface area contributed by atoms with Gasteiger partial charge in [0.05, 0.1) is 17.7 Å². The van der Waals surface area contributed by atoms with Gasteiger partial charge in [-0.15, -0.1) is 0 Å². The van der Waals surface area contributed by atoms with Gasteiger partial charge in [0.1, 0.15) is 5.75 Å². The Labute approximate surface area is 121 Å². The Hall–Kier alpha value is -1.46. The Morgan fingerprint density at radius 2 is 1.84 bits per heavy atom. The molecule has 1 aromatic rings. The van der Waals surface area contributed by atoms with Crippen LogP contribution in [0.5, 0.6) is 5.75 Å². The van der Waals surface area contributed by atoms with Gasteiger partial charge < -0.3 is 15.4 Å². The molecule has 0 bridgehead atoms. The van der Waals surface area contributed by atoms with Crippen LogP contribution in [0.15, 0.2) is 12.1 Å². The quantitative estimate of drug-likeness (QED) is 0.816. The lowest BCUT2D eigenvalue weighted by Gasteiger charge is -2.11. The molecule has 2 N–H and O–H groups in total. The second-order valence-electron chi connectivity index (χ2n) is 3.71. The first-order valence-corrected chi connectivity index (χ1v) is 6.27. The van der Waals surface area contributed by atoms with Gasteiger partial charge in [-0.05, 0) is 12.1 Å². The lowest BCUT2D eigenvalue weighted by molar-refractivity contribution is -0.118. The van der Waals surface area contributed by atoms with Crippen molar-refractivity contribution in [1.82, 2.24) is 10.6 Å². The van der Waals surface area contributed by atoms with Crippen LogP contribution in [0.1, 0.15) is 17.3 Å². The summed E-state index contributed by atoms with van der Waals surface area (Å²) in [7, 11) is 1.42. The molecule has 0 aliphatic rings. The molecule has 0 radical (unpaired) electrons. The maximum absolute atomic E-state index is 12.0. The van der Waals surface area contributed by atoms with Crippen LogP contribution >= 0.6 is 23.2 Å². The summed E-state index contributed by atoms with van der Waals surface area (Å²) in [5, 5.41) is 5.81. The number of rotatable bonds is 5. The predicted molar refractivity (Wildman–Crippen MR) is 74.0 cm³/mol. The molecule has 2 amide bonds. The topological polar surface area (TPSA) is 67.4 Å². The summed E-state index contributed by atoms with van der Waals surface area (Å²) < 4.78 is 5.08. The molecule has 104 valence electrons. The maximum Gasteiger partial charge on any atom is 0.255 e. The SMILES string of the molecule is COc1c(Cl)cc(Cl)cc1C(=O)NCCNC(C)=O. The minimum Gasteiger partial charge on any atom is -0.494 e. The molecule has 0 spiro atoms. The first-order chi connectivity index (χ1) is 8.95. The zero-order chi connectivity index (χ0) is 14.4. The summed E-state index contributed by atoms with van der Waals surface area (Å²) in [5.74, 6) is -0.257. The van der Waals surface area contributed by atoms with Gasteiger partial charge in [-0.3, -0.25) is 9.59 Å². The molecule has 0 aliphatic carbocycles. The number of benzene rings is 1. The summed E-state index contributed by atoms with van der Waals surface area (Å²) in [6.45, 7) is 2.05. The van der Waals surface area contributed by atoms with E-state index in [4.69, 9.17) is 27.9 Å². The van der Waals surface area contributed by atoms with E-state index in [-0.39, 0.29) is 28.1 Å². The fourth-order valence-electron chi connectivity index (χ4n) is 1.45. The van der Waals surface area contributed by atoms with Crippen LogP contribution in [0.2, 0.25) is 10.0 Å². The molecule has 0 atom stereocenters. The van der Waals surface area contributed by atoms with Crippen LogP contribution in [-0.2, 0) is 4.79 Å². The number of carbonyl (C=O) groups excluding carboxylic acids is 2. The van der Waals surface area contributed by atoms with E-state index >= 15 is 0 Å². The van der Waals surface area contributed by atoms with E-state index in [0.29, 0.717) is 18.1 Å². The third kappa shape index (κ3) is 4.61. The van der Waals surface area contributed by atoms with Crippen molar-refractivity contribution in [1.29, 1.82) is 0 Å². The number of methoxy groups -OCH3 is 1. The first-order valence-electron chi connectivity index (χ1n) is 5.51. The van der Waals surface area contributed by atoms with Gasteiger partial charge in [0, 0.05) is 25.0 Å². The Kier molecular flexibility index (Phi) is 5.92. The lowest BCUT2D eigenvalue weighted by Crippen LogP contribution is -2.33. The molecule has 0 fully saturated rings. The van der Waals surface area contributed by atoms with Gasteiger partial charge >= 0.3 is 0 Å². The zero-order valence-electron chi connectivity index (χ0n) is 10.5. The molecule has 0 saturated heterocycles. The second kappa shape index (κ2) is 7.21. The minimum absolute atomic E-state index is 0.155. The molecule has 0 aromatic heterocycles. The molecule has 5 nitrogen and oxygen atoms in total. The van der Waals surface area contributed by atoms with Crippen molar-refractivity contribution >= 4 is 35.0 Å². The van der Waals surface area contributed by atoms with Crippen molar-refractivity contribution in [3.05, 3.63) is 27.7 Å². The van der Waals surface area contributed by atoms with Crippen molar-refractivity contribution in [2.75, 3.05) is 20.2 Å². The smallest absolute Gasteiger partial charge is 0.255 e. The second-order valence-corrected chi connectivity index (χ2v) is 4.55. The van der Waals surface area contributed by atoms with E-state index in [1.807, 2.05) is 0 Å². The Morgan fingerprint density at radius 1 is 1.21 bits per heavy atom. The summed E-state index contributed by atoms with van der Waals surface area (Å²) in [5.41, 5.74) is 0.253. The fourth-order valence-corrected chi connectivity index (χ4v) is 2.02. The molecule has 0 aliphatic heterocycles. The number of nitrogens with one attached hydrogen (secondary N) is 2. The number of halogens is 2. The third-order valence-electron chi connectivity index (χ3n) is 2.24. The third-order valence-corrected chi connectivity index (χ3v) is 2.74. The molecule has 1 aromatic carbocycles.